The van der Waals surface area contributed by atoms with E-state index in [0.29, 0.717) is 17.4 Å². The molecule has 0 fully saturated rings. The summed E-state index contributed by atoms with van der Waals surface area (Å²) in [5, 5.41) is 13.9. The number of carbonyl (C=O) groups excluding carboxylic acids is 1. The Morgan fingerprint density at radius 2 is 0.892 bits per heavy atom. The van der Waals surface area contributed by atoms with Crippen molar-refractivity contribution in [3.63, 3.8) is 0 Å². The van der Waals surface area contributed by atoms with Crippen LogP contribution in [0.1, 0.15) is 264 Å². The standard InChI is InChI=1S/C56H109N2O6P/c1-6-8-10-12-14-16-18-20-22-23-24-25-26-27-28-29-30-31-32-33-34-36-37-39-41-43-45-47-49-55(59)54(53-64-65(61,62)63-52-51-58(3,4)5)57-56(60)50-48-46-44-42-40-38-35-21-19-17-15-13-11-9-7-2/h15,17,21,35,47,49,54-55,59H,6-14,16,18-20,22-34,36-46,48,50-53H2,1-5H3,(H-,57,60,61,62)/b17-15-,35-21-,49-47+. The second kappa shape index (κ2) is 47.8. The Bertz CT molecular complexity index is 1150. The molecule has 3 unspecified atom stereocenters. The van der Waals surface area contributed by atoms with Gasteiger partial charge in [0.1, 0.15) is 13.2 Å². The highest BCUT2D eigenvalue weighted by atomic mass is 31.2. The van der Waals surface area contributed by atoms with Gasteiger partial charge in [-0.3, -0.25) is 9.36 Å². The molecule has 65 heavy (non-hydrogen) atoms. The number of rotatable bonds is 51. The minimum Gasteiger partial charge on any atom is -0.756 e. The van der Waals surface area contributed by atoms with Crippen LogP contribution >= 0.6 is 7.82 Å². The van der Waals surface area contributed by atoms with Crippen molar-refractivity contribution >= 4 is 13.7 Å². The van der Waals surface area contributed by atoms with E-state index in [9.17, 15) is 19.4 Å². The van der Waals surface area contributed by atoms with Gasteiger partial charge in [0.25, 0.3) is 7.82 Å². The molecule has 0 aliphatic carbocycles. The first kappa shape index (κ1) is 63.7. The van der Waals surface area contributed by atoms with E-state index in [0.717, 1.165) is 64.2 Å². The highest BCUT2D eigenvalue weighted by Crippen LogP contribution is 2.38. The van der Waals surface area contributed by atoms with Crippen LogP contribution in [0.2, 0.25) is 0 Å². The Morgan fingerprint density at radius 1 is 0.538 bits per heavy atom. The number of amides is 1. The molecule has 0 saturated heterocycles. The summed E-state index contributed by atoms with van der Waals surface area (Å²) in [6.07, 6.45) is 60.8. The van der Waals surface area contributed by atoms with E-state index in [-0.39, 0.29) is 19.1 Å². The maximum Gasteiger partial charge on any atom is 0.268 e. The van der Waals surface area contributed by atoms with Crippen molar-refractivity contribution < 1.29 is 32.9 Å². The van der Waals surface area contributed by atoms with Crippen molar-refractivity contribution in [1.82, 2.24) is 5.32 Å². The molecular weight excluding hydrogens is 828 g/mol. The van der Waals surface area contributed by atoms with Gasteiger partial charge in [-0.1, -0.05) is 243 Å². The number of unbranched alkanes of at least 4 members (excludes halogenated alkanes) is 34. The number of allylic oxidation sites excluding steroid dienone is 5. The van der Waals surface area contributed by atoms with E-state index in [2.05, 4.69) is 43.5 Å². The molecule has 0 rings (SSSR count). The maximum atomic E-state index is 12.9. The predicted octanol–water partition coefficient (Wildman–Crippen LogP) is 16.0. The van der Waals surface area contributed by atoms with E-state index < -0.39 is 20.0 Å². The number of carbonyl (C=O) groups is 1. The fourth-order valence-electron chi connectivity index (χ4n) is 8.18. The molecule has 0 heterocycles. The molecule has 0 aromatic heterocycles. The first-order chi connectivity index (χ1) is 31.5. The maximum absolute atomic E-state index is 12.9. The van der Waals surface area contributed by atoms with Crippen LogP contribution in [-0.4, -0.2) is 68.5 Å². The lowest BCUT2D eigenvalue weighted by atomic mass is 10.0. The Kier molecular flexibility index (Phi) is 46.8. The summed E-state index contributed by atoms with van der Waals surface area (Å²) in [6.45, 7) is 4.63. The third kappa shape index (κ3) is 50.4. The molecule has 0 bridgehead atoms. The van der Waals surface area contributed by atoms with Crippen LogP contribution < -0.4 is 10.2 Å². The molecule has 0 radical (unpaired) electrons. The molecule has 384 valence electrons. The molecule has 8 nitrogen and oxygen atoms in total. The summed E-state index contributed by atoms with van der Waals surface area (Å²) in [6, 6.07) is -0.894. The Labute approximate surface area is 404 Å². The fraction of sp³-hybridized carbons (Fsp3) is 0.875. The van der Waals surface area contributed by atoms with E-state index in [4.69, 9.17) is 9.05 Å². The van der Waals surface area contributed by atoms with Crippen LogP contribution in [0.4, 0.5) is 0 Å². The molecule has 0 saturated carbocycles. The number of aliphatic hydroxyl groups is 1. The second-order valence-corrected chi connectivity index (χ2v) is 21.7. The molecule has 9 heteroatoms. The minimum atomic E-state index is -4.60. The van der Waals surface area contributed by atoms with Gasteiger partial charge in [-0.2, -0.15) is 0 Å². The molecule has 0 aliphatic rings. The molecular formula is C56H109N2O6P. The van der Waals surface area contributed by atoms with Crippen molar-refractivity contribution in [3.05, 3.63) is 36.5 Å². The average molecular weight is 937 g/mol. The molecule has 0 aliphatic heterocycles. The lowest BCUT2D eigenvalue weighted by molar-refractivity contribution is -0.870. The van der Waals surface area contributed by atoms with Gasteiger partial charge in [-0.15, -0.1) is 0 Å². The third-order valence-electron chi connectivity index (χ3n) is 12.6. The van der Waals surface area contributed by atoms with Crippen LogP contribution in [0.25, 0.3) is 0 Å². The summed E-state index contributed by atoms with van der Waals surface area (Å²) in [5.74, 6) is -0.209. The minimum absolute atomic E-state index is 0.00375. The van der Waals surface area contributed by atoms with E-state index >= 15 is 0 Å². The van der Waals surface area contributed by atoms with Gasteiger partial charge in [0.15, 0.2) is 0 Å². The summed E-state index contributed by atoms with van der Waals surface area (Å²) in [5.41, 5.74) is 0. The number of hydrogen-bond donors (Lipinski definition) is 2. The van der Waals surface area contributed by atoms with Crippen molar-refractivity contribution in [1.29, 1.82) is 0 Å². The van der Waals surface area contributed by atoms with Crippen LogP contribution in [0.3, 0.4) is 0 Å². The van der Waals surface area contributed by atoms with Crippen LogP contribution in [0.15, 0.2) is 36.5 Å². The van der Waals surface area contributed by atoms with Gasteiger partial charge < -0.3 is 28.8 Å². The number of phosphoric acid groups is 1. The first-order valence-corrected chi connectivity index (χ1v) is 29.3. The van der Waals surface area contributed by atoms with Gasteiger partial charge in [0.2, 0.25) is 5.91 Å². The first-order valence-electron chi connectivity index (χ1n) is 27.9. The predicted molar refractivity (Wildman–Crippen MR) is 279 cm³/mol. The SMILES string of the molecule is CCCCC/C=C\C/C=C\CCCCCCCC(=O)NC(COP(=O)([O-])OCC[N+](C)(C)C)C(O)/C=C/CCCCCCCCCCCCCCCCCCCCCCCCCCCC. The highest BCUT2D eigenvalue weighted by Gasteiger charge is 2.23. The van der Waals surface area contributed by atoms with E-state index in [1.165, 1.54) is 180 Å². The number of nitrogens with one attached hydrogen (secondary N) is 1. The van der Waals surface area contributed by atoms with E-state index in [1.807, 2.05) is 27.2 Å². The molecule has 2 N–H and O–H groups in total. The largest absolute Gasteiger partial charge is 0.756 e. The fourth-order valence-corrected chi connectivity index (χ4v) is 8.91. The Hall–Kier alpha value is -1.28. The second-order valence-electron chi connectivity index (χ2n) is 20.3. The lowest BCUT2D eigenvalue weighted by Gasteiger charge is -2.29. The van der Waals surface area contributed by atoms with Crippen molar-refractivity contribution in [2.75, 3.05) is 40.9 Å². The monoisotopic (exact) mass is 937 g/mol. The number of likely N-dealkylation sites (N-methyl/N-ethyl adjacent to an activating group) is 1. The van der Waals surface area contributed by atoms with Crippen molar-refractivity contribution in [2.24, 2.45) is 0 Å². The number of nitrogens with zero attached hydrogens (tertiary/aromatic N) is 1. The quantitative estimate of drug-likeness (QED) is 0.0272. The number of phosphoric ester groups is 1. The summed E-state index contributed by atoms with van der Waals surface area (Å²) in [7, 11) is 1.26. The van der Waals surface area contributed by atoms with Crippen molar-refractivity contribution in [2.45, 2.75) is 276 Å². The zero-order valence-electron chi connectivity index (χ0n) is 43.7. The van der Waals surface area contributed by atoms with Gasteiger partial charge >= 0.3 is 0 Å². The lowest BCUT2D eigenvalue weighted by Crippen LogP contribution is -2.45. The van der Waals surface area contributed by atoms with Crippen LogP contribution in [0, 0.1) is 0 Å². The van der Waals surface area contributed by atoms with E-state index in [1.54, 1.807) is 6.08 Å². The number of hydrogen-bond acceptors (Lipinski definition) is 6. The summed E-state index contributed by atoms with van der Waals surface area (Å²) in [4.78, 5) is 25.4. The smallest absolute Gasteiger partial charge is 0.268 e. The third-order valence-corrected chi connectivity index (χ3v) is 13.6. The number of quaternary nitrogens is 1. The molecule has 0 aromatic rings. The molecule has 0 spiro atoms. The number of aliphatic hydroxyl groups excluding tert-OH is 1. The van der Waals surface area contributed by atoms with Gasteiger partial charge in [0.05, 0.1) is 39.9 Å². The molecule has 3 atom stereocenters. The zero-order chi connectivity index (χ0) is 47.8. The zero-order valence-corrected chi connectivity index (χ0v) is 44.6. The normalized spacial score (nSPS) is 14.3. The Morgan fingerprint density at radius 3 is 1.31 bits per heavy atom. The summed E-state index contributed by atoms with van der Waals surface area (Å²) < 4.78 is 23.3. The molecule has 0 aromatic carbocycles. The van der Waals surface area contributed by atoms with Crippen LogP contribution in [-0.2, 0) is 18.4 Å². The summed E-state index contributed by atoms with van der Waals surface area (Å²) >= 11 is 0. The highest BCUT2D eigenvalue weighted by molar-refractivity contribution is 7.45. The van der Waals surface area contributed by atoms with Gasteiger partial charge in [-0.05, 0) is 51.4 Å². The average Bonchev–Trinajstić information content (AvgIpc) is 3.26. The molecule has 1 amide bonds. The topological polar surface area (TPSA) is 108 Å². The van der Waals surface area contributed by atoms with Gasteiger partial charge in [0, 0.05) is 6.42 Å². The van der Waals surface area contributed by atoms with Gasteiger partial charge in [-0.25, -0.2) is 0 Å². The van der Waals surface area contributed by atoms with Crippen molar-refractivity contribution in [3.8, 4) is 0 Å². The Balaban J connectivity index is 4.17. The van der Waals surface area contributed by atoms with Crippen LogP contribution in [0.5, 0.6) is 0 Å².